The molecule has 1 aromatic heterocycles. The second-order valence-electron chi connectivity index (χ2n) is 1.42. The maximum Gasteiger partial charge on any atom is 1.00 e. The predicted octanol–water partition coefficient (Wildman–Crippen LogP) is -2.61. The summed E-state index contributed by atoms with van der Waals surface area (Å²) in [5.74, 6) is 0.165. The molecule has 1 unspecified atom stereocenters. The normalized spacial score (nSPS) is 11.8. The van der Waals surface area contributed by atoms with E-state index in [9.17, 15) is 8.76 Å². The van der Waals surface area contributed by atoms with Crippen molar-refractivity contribution in [1.82, 2.24) is 4.37 Å². The standard InChI is InChI=1S/C4H5NO3S2.Na/c1-8-4-3(10(6)7)2-9-5-4;/h2H,1H3,(H,6,7);/q;+1/p-1. The number of methoxy groups -OCH3 is 1. The molecule has 1 rings (SSSR count). The number of rotatable bonds is 2. The fourth-order valence-electron chi connectivity index (χ4n) is 0.466. The SMILES string of the molecule is COc1nscc1S(=O)[O-].[Na+]. The molecule has 0 N–H and O–H groups in total. The first-order chi connectivity index (χ1) is 4.75. The molecule has 0 aromatic carbocycles. The van der Waals surface area contributed by atoms with Crippen LogP contribution in [0.3, 0.4) is 0 Å². The summed E-state index contributed by atoms with van der Waals surface area (Å²) >= 11 is -1.19. The van der Waals surface area contributed by atoms with Crippen molar-refractivity contribution in [3.63, 3.8) is 0 Å². The third kappa shape index (κ3) is 2.81. The minimum atomic E-state index is -2.24. The summed E-state index contributed by atoms with van der Waals surface area (Å²) in [7, 11) is 1.38. The van der Waals surface area contributed by atoms with Crippen molar-refractivity contribution in [3.05, 3.63) is 5.38 Å². The molecule has 0 radical (unpaired) electrons. The average Bonchev–Trinajstić information content (AvgIpc) is 2.33. The molecule has 1 heterocycles. The molecule has 0 aliphatic rings. The van der Waals surface area contributed by atoms with Gasteiger partial charge in [0, 0.05) is 5.38 Å². The van der Waals surface area contributed by atoms with Crippen LogP contribution in [0.25, 0.3) is 0 Å². The van der Waals surface area contributed by atoms with Crippen LogP contribution in [0.1, 0.15) is 0 Å². The van der Waals surface area contributed by atoms with E-state index in [1.165, 1.54) is 12.5 Å². The van der Waals surface area contributed by atoms with Gasteiger partial charge in [-0.15, -0.1) is 0 Å². The first-order valence-electron chi connectivity index (χ1n) is 2.33. The van der Waals surface area contributed by atoms with Gasteiger partial charge in [-0.25, -0.2) is 0 Å². The molecule has 4 nitrogen and oxygen atoms in total. The van der Waals surface area contributed by atoms with Crippen LogP contribution in [0.15, 0.2) is 10.3 Å². The van der Waals surface area contributed by atoms with Crippen molar-refractivity contribution >= 4 is 22.6 Å². The second kappa shape index (κ2) is 5.23. The van der Waals surface area contributed by atoms with Gasteiger partial charge in [0.2, 0.25) is 5.88 Å². The molecule has 0 aliphatic heterocycles. The molecule has 7 heteroatoms. The molecule has 56 valence electrons. The first-order valence-corrected chi connectivity index (χ1v) is 4.24. The molecule has 0 saturated carbocycles. The van der Waals surface area contributed by atoms with Crippen LogP contribution in [0.5, 0.6) is 5.88 Å². The Morgan fingerprint density at radius 2 is 2.45 bits per heavy atom. The molecule has 0 aliphatic carbocycles. The zero-order chi connectivity index (χ0) is 7.56. The van der Waals surface area contributed by atoms with E-state index >= 15 is 0 Å². The summed E-state index contributed by atoms with van der Waals surface area (Å²) in [6.45, 7) is 0. The minimum Gasteiger partial charge on any atom is -0.768 e. The van der Waals surface area contributed by atoms with Crippen molar-refractivity contribution in [2.75, 3.05) is 7.11 Å². The minimum absolute atomic E-state index is 0. The zero-order valence-corrected chi connectivity index (χ0v) is 9.70. The van der Waals surface area contributed by atoms with E-state index in [-0.39, 0.29) is 40.3 Å². The Morgan fingerprint density at radius 1 is 1.82 bits per heavy atom. The van der Waals surface area contributed by atoms with E-state index in [4.69, 9.17) is 0 Å². The molecular weight excluding hydrogens is 197 g/mol. The van der Waals surface area contributed by atoms with Gasteiger partial charge in [0.25, 0.3) is 0 Å². The van der Waals surface area contributed by atoms with Crippen LogP contribution >= 0.6 is 11.5 Å². The zero-order valence-electron chi connectivity index (χ0n) is 6.07. The molecule has 0 saturated heterocycles. The van der Waals surface area contributed by atoms with Crippen LogP contribution in [-0.4, -0.2) is 20.2 Å². The monoisotopic (exact) mass is 201 g/mol. The number of ether oxygens (including phenoxy) is 1. The Kier molecular flexibility index (Phi) is 5.49. The van der Waals surface area contributed by atoms with Crippen LogP contribution in [-0.2, 0) is 11.1 Å². The molecule has 0 spiro atoms. The number of hydrogen-bond donors (Lipinski definition) is 0. The van der Waals surface area contributed by atoms with E-state index in [2.05, 4.69) is 9.11 Å². The molecule has 0 amide bonds. The van der Waals surface area contributed by atoms with Crippen LogP contribution in [0.4, 0.5) is 0 Å². The summed E-state index contributed by atoms with van der Waals surface area (Å²) in [5, 5.41) is 1.42. The van der Waals surface area contributed by atoms with Gasteiger partial charge in [0.1, 0.15) is 0 Å². The van der Waals surface area contributed by atoms with Crippen molar-refractivity contribution < 1.29 is 43.1 Å². The maximum absolute atomic E-state index is 10.3. The average molecular weight is 201 g/mol. The Labute approximate surface area is 92.7 Å². The van der Waals surface area contributed by atoms with Gasteiger partial charge in [-0.1, -0.05) is 0 Å². The van der Waals surface area contributed by atoms with Crippen molar-refractivity contribution in [3.8, 4) is 5.88 Å². The molecular formula is C4H4NNaO3S2. The molecule has 1 atom stereocenters. The second-order valence-corrected chi connectivity index (χ2v) is 2.96. The van der Waals surface area contributed by atoms with Gasteiger partial charge in [-0.3, -0.25) is 4.21 Å². The third-order valence-corrected chi connectivity index (χ3v) is 2.29. The quantitative estimate of drug-likeness (QED) is 0.388. The van der Waals surface area contributed by atoms with E-state index in [1.807, 2.05) is 0 Å². The van der Waals surface area contributed by atoms with Gasteiger partial charge in [0.15, 0.2) is 0 Å². The summed E-state index contributed by atoms with van der Waals surface area (Å²) in [6, 6.07) is 0. The summed E-state index contributed by atoms with van der Waals surface area (Å²) in [6.07, 6.45) is 0. The van der Waals surface area contributed by atoms with Gasteiger partial charge in [-0.2, -0.15) is 4.37 Å². The molecule has 1 aromatic rings. The van der Waals surface area contributed by atoms with E-state index in [0.29, 0.717) is 0 Å². The van der Waals surface area contributed by atoms with E-state index < -0.39 is 11.1 Å². The number of hydrogen-bond acceptors (Lipinski definition) is 5. The van der Waals surface area contributed by atoms with Crippen molar-refractivity contribution in [1.29, 1.82) is 0 Å². The fourth-order valence-corrected chi connectivity index (χ4v) is 1.76. The molecule has 0 bridgehead atoms. The Balaban J connectivity index is 0.000001000. The third-order valence-electron chi connectivity index (χ3n) is 0.879. The Bertz CT molecular complexity index is 251. The summed E-state index contributed by atoms with van der Waals surface area (Å²) < 4.78 is 29.0. The summed E-state index contributed by atoms with van der Waals surface area (Å²) in [5.41, 5.74) is 0. The van der Waals surface area contributed by atoms with Crippen LogP contribution in [0, 0.1) is 0 Å². The van der Waals surface area contributed by atoms with Gasteiger partial charge in [0.05, 0.1) is 12.0 Å². The smallest absolute Gasteiger partial charge is 0.768 e. The van der Waals surface area contributed by atoms with Gasteiger partial charge < -0.3 is 9.29 Å². The van der Waals surface area contributed by atoms with Crippen LogP contribution < -0.4 is 34.3 Å². The Hall–Kier alpha value is 0.540. The predicted molar refractivity (Wildman–Crippen MR) is 35.9 cm³/mol. The Morgan fingerprint density at radius 3 is 2.82 bits per heavy atom. The summed E-state index contributed by atoms with van der Waals surface area (Å²) in [4.78, 5) is 0.118. The number of nitrogens with zero attached hydrogens (tertiary/aromatic N) is 1. The maximum atomic E-state index is 10.3. The first kappa shape index (κ1) is 11.5. The molecule has 0 fully saturated rings. The fraction of sp³-hybridized carbons (Fsp3) is 0.250. The van der Waals surface area contributed by atoms with Crippen LogP contribution in [0.2, 0.25) is 0 Å². The number of aromatic nitrogens is 1. The largest absolute Gasteiger partial charge is 1.00 e. The van der Waals surface area contributed by atoms with Gasteiger partial charge >= 0.3 is 29.6 Å². The van der Waals surface area contributed by atoms with E-state index in [1.54, 1.807) is 0 Å². The van der Waals surface area contributed by atoms with Crippen molar-refractivity contribution in [2.45, 2.75) is 4.90 Å². The topological polar surface area (TPSA) is 62.2 Å². The van der Waals surface area contributed by atoms with E-state index in [0.717, 1.165) is 11.5 Å². The molecule has 11 heavy (non-hydrogen) atoms. The van der Waals surface area contributed by atoms with Gasteiger partial charge in [-0.05, 0) is 22.6 Å². The van der Waals surface area contributed by atoms with Crippen molar-refractivity contribution in [2.24, 2.45) is 0 Å².